The van der Waals surface area contributed by atoms with Gasteiger partial charge < -0.3 is 10.1 Å². The summed E-state index contributed by atoms with van der Waals surface area (Å²) < 4.78 is 5.34. The lowest BCUT2D eigenvalue weighted by molar-refractivity contribution is -0.128. The summed E-state index contributed by atoms with van der Waals surface area (Å²) >= 11 is 0. The number of hydrogen-bond donors (Lipinski definition) is 1. The van der Waals surface area contributed by atoms with Crippen LogP contribution >= 0.6 is 0 Å². The number of benzene rings is 1. The number of rotatable bonds is 5. The zero-order chi connectivity index (χ0) is 17.6. The van der Waals surface area contributed by atoms with Gasteiger partial charge in [-0.2, -0.15) is 0 Å². The van der Waals surface area contributed by atoms with Gasteiger partial charge in [-0.1, -0.05) is 23.8 Å². The van der Waals surface area contributed by atoms with Crippen LogP contribution in [-0.4, -0.2) is 43.7 Å². The lowest BCUT2D eigenvalue weighted by atomic mass is 9.94. The van der Waals surface area contributed by atoms with Crippen LogP contribution in [-0.2, 0) is 16.1 Å². The van der Waals surface area contributed by atoms with Crippen molar-refractivity contribution in [1.82, 2.24) is 10.2 Å². The molecule has 138 valence electrons. The molecule has 4 heteroatoms. The van der Waals surface area contributed by atoms with E-state index in [4.69, 9.17) is 4.74 Å². The Kier molecular flexibility index (Phi) is 6.49. The van der Waals surface area contributed by atoms with Crippen molar-refractivity contribution in [3.63, 3.8) is 0 Å². The Balaban J connectivity index is 1.39. The highest BCUT2D eigenvalue weighted by molar-refractivity contribution is 5.78. The highest BCUT2D eigenvalue weighted by Crippen LogP contribution is 2.21. The summed E-state index contributed by atoms with van der Waals surface area (Å²) in [5, 5.41) is 3.19. The van der Waals surface area contributed by atoms with E-state index in [0.717, 1.165) is 52.2 Å². The van der Waals surface area contributed by atoms with E-state index in [9.17, 15) is 4.79 Å². The van der Waals surface area contributed by atoms with Gasteiger partial charge in [-0.25, -0.2) is 0 Å². The largest absolute Gasteiger partial charge is 0.381 e. The maximum absolute atomic E-state index is 12.2. The highest BCUT2D eigenvalue weighted by Gasteiger charge is 2.24. The summed E-state index contributed by atoms with van der Waals surface area (Å²) in [7, 11) is 0. The second kappa shape index (κ2) is 8.81. The van der Waals surface area contributed by atoms with Crippen molar-refractivity contribution in [1.29, 1.82) is 0 Å². The summed E-state index contributed by atoms with van der Waals surface area (Å²) in [5.41, 5.74) is 4.18. The molecule has 2 aliphatic rings. The first-order valence-electron chi connectivity index (χ1n) is 9.76. The molecule has 0 bridgehead atoms. The minimum Gasteiger partial charge on any atom is -0.381 e. The van der Waals surface area contributed by atoms with Crippen LogP contribution in [0, 0.1) is 25.7 Å². The molecule has 2 heterocycles. The number of carbonyl (C=O) groups is 1. The van der Waals surface area contributed by atoms with E-state index in [1.54, 1.807) is 0 Å². The lowest BCUT2D eigenvalue weighted by Gasteiger charge is -2.33. The maximum Gasteiger partial charge on any atom is 0.223 e. The van der Waals surface area contributed by atoms with Gasteiger partial charge in [0.2, 0.25) is 5.91 Å². The van der Waals surface area contributed by atoms with E-state index >= 15 is 0 Å². The first-order valence-corrected chi connectivity index (χ1v) is 9.76. The fourth-order valence-corrected chi connectivity index (χ4v) is 3.91. The number of carbonyl (C=O) groups excluding carboxylic acids is 1. The van der Waals surface area contributed by atoms with Gasteiger partial charge in [0.05, 0.1) is 0 Å². The summed E-state index contributed by atoms with van der Waals surface area (Å²) in [6.07, 6.45) is 4.11. The highest BCUT2D eigenvalue weighted by atomic mass is 16.5. The van der Waals surface area contributed by atoms with Crippen molar-refractivity contribution in [3.8, 4) is 0 Å². The molecule has 0 saturated carbocycles. The molecule has 0 spiro atoms. The number of nitrogens with zero attached hydrogens (tertiary/aromatic N) is 1. The van der Waals surface area contributed by atoms with Crippen LogP contribution in [0.15, 0.2) is 18.2 Å². The van der Waals surface area contributed by atoms with Crippen molar-refractivity contribution in [3.05, 3.63) is 34.9 Å². The fraction of sp³-hybridized carbons (Fsp3) is 0.667. The predicted octanol–water partition coefficient (Wildman–Crippen LogP) is 3.06. The average molecular weight is 344 g/mol. The van der Waals surface area contributed by atoms with Crippen LogP contribution in [0.3, 0.4) is 0 Å². The van der Waals surface area contributed by atoms with Crippen molar-refractivity contribution in [2.75, 3.05) is 32.8 Å². The van der Waals surface area contributed by atoms with Gasteiger partial charge in [0.25, 0.3) is 0 Å². The van der Waals surface area contributed by atoms with Crippen LogP contribution in [0.5, 0.6) is 0 Å². The zero-order valence-electron chi connectivity index (χ0n) is 15.7. The number of hydrogen-bond acceptors (Lipinski definition) is 3. The molecule has 25 heavy (non-hydrogen) atoms. The fourth-order valence-electron chi connectivity index (χ4n) is 3.91. The molecular weight excluding hydrogens is 312 g/mol. The molecular formula is C21H32N2O2. The minimum absolute atomic E-state index is 0.165. The van der Waals surface area contributed by atoms with E-state index in [-0.39, 0.29) is 11.8 Å². The number of aryl methyl sites for hydroxylation is 2. The Morgan fingerprint density at radius 1 is 1.16 bits per heavy atom. The molecule has 0 radical (unpaired) electrons. The van der Waals surface area contributed by atoms with Gasteiger partial charge in [-0.15, -0.1) is 0 Å². The molecule has 4 nitrogen and oxygen atoms in total. The molecule has 0 unspecified atom stereocenters. The summed E-state index contributed by atoms with van der Waals surface area (Å²) in [4.78, 5) is 14.8. The van der Waals surface area contributed by atoms with Crippen molar-refractivity contribution in [2.24, 2.45) is 11.8 Å². The standard InChI is InChI=1S/C21H32N2O2/c1-16-3-4-17(2)20(13-16)15-23-9-5-18(6-10-23)14-22-21(24)19-7-11-25-12-8-19/h3-4,13,18-19H,5-12,14-15H2,1-2H3,(H,22,24). The van der Waals surface area contributed by atoms with Crippen LogP contribution in [0.4, 0.5) is 0 Å². The predicted molar refractivity (Wildman–Crippen MR) is 100 cm³/mol. The molecule has 2 saturated heterocycles. The third kappa shape index (κ3) is 5.29. The van der Waals surface area contributed by atoms with Crippen LogP contribution in [0.2, 0.25) is 0 Å². The number of ether oxygens (including phenoxy) is 1. The van der Waals surface area contributed by atoms with Crippen molar-refractivity contribution in [2.45, 2.75) is 46.1 Å². The Labute approximate surface area is 151 Å². The van der Waals surface area contributed by atoms with Gasteiger partial charge in [-0.3, -0.25) is 9.69 Å². The third-order valence-corrected chi connectivity index (χ3v) is 5.76. The number of likely N-dealkylation sites (tertiary alicyclic amines) is 1. The molecule has 0 atom stereocenters. The lowest BCUT2D eigenvalue weighted by Crippen LogP contribution is -2.41. The van der Waals surface area contributed by atoms with Crippen LogP contribution in [0.25, 0.3) is 0 Å². The molecule has 0 aromatic heterocycles. The Bertz CT molecular complexity index is 573. The second-order valence-corrected chi connectivity index (χ2v) is 7.78. The normalized spacial score (nSPS) is 20.6. The topological polar surface area (TPSA) is 41.6 Å². The molecule has 1 amide bonds. The number of nitrogens with one attached hydrogen (secondary N) is 1. The van der Waals surface area contributed by atoms with Gasteiger partial charge in [-0.05, 0) is 69.7 Å². The smallest absolute Gasteiger partial charge is 0.223 e. The zero-order valence-corrected chi connectivity index (χ0v) is 15.7. The number of piperidine rings is 1. The Morgan fingerprint density at radius 3 is 2.60 bits per heavy atom. The Hall–Kier alpha value is -1.39. The first kappa shape index (κ1) is 18.4. The van der Waals surface area contributed by atoms with E-state index in [1.807, 2.05) is 0 Å². The Morgan fingerprint density at radius 2 is 1.88 bits per heavy atom. The summed E-state index contributed by atoms with van der Waals surface area (Å²) in [6, 6.07) is 6.73. The minimum atomic E-state index is 0.165. The number of amides is 1. The summed E-state index contributed by atoms with van der Waals surface area (Å²) in [6.45, 7) is 9.98. The molecule has 0 aliphatic carbocycles. The van der Waals surface area contributed by atoms with Gasteiger partial charge in [0.15, 0.2) is 0 Å². The molecule has 1 N–H and O–H groups in total. The van der Waals surface area contributed by atoms with E-state index in [0.29, 0.717) is 5.92 Å². The molecule has 2 aliphatic heterocycles. The van der Waals surface area contributed by atoms with Crippen LogP contribution in [0.1, 0.15) is 42.4 Å². The maximum atomic E-state index is 12.2. The molecule has 1 aromatic carbocycles. The van der Waals surface area contributed by atoms with Gasteiger partial charge >= 0.3 is 0 Å². The van der Waals surface area contributed by atoms with Gasteiger partial charge in [0.1, 0.15) is 0 Å². The van der Waals surface area contributed by atoms with Gasteiger partial charge in [0, 0.05) is 32.2 Å². The second-order valence-electron chi connectivity index (χ2n) is 7.78. The van der Waals surface area contributed by atoms with E-state index in [1.165, 1.54) is 29.5 Å². The SMILES string of the molecule is Cc1ccc(C)c(CN2CCC(CNC(=O)C3CCOCC3)CC2)c1. The first-order chi connectivity index (χ1) is 12.1. The van der Waals surface area contributed by atoms with E-state index in [2.05, 4.69) is 42.3 Å². The summed E-state index contributed by atoms with van der Waals surface area (Å²) in [5.74, 6) is 1.03. The van der Waals surface area contributed by atoms with Crippen molar-refractivity contribution < 1.29 is 9.53 Å². The molecule has 2 fully saturated rings. The molecule has 3 rings (SSSR count). The average Bonchev–Trinajstić information content (AvgIpc) is 2.64. The quantitative estimate of drug-likeness (QED) is 0.893. The van der Waals surface area contributed by atoms with E-state index < -0.39 is 0 Å². The van der Waals surface area contributed by atoms with Crippen molar-refractivity contribution >= 4 is 5.91 Å². The third-order valence-electron chi connectivity index (χ3n) is 5.76. The molecule has 1 aromatic rings. The monoisotopic (exact) mass is 344 g/mol. The van der Waals surface area contributed by atoms with Crippen LogP contribution < -0.4 is 5.32 Å².